The fraction of sp³-hybridized carbons (Fsp3) is 0.667. The number of aryl methyl sites for hydroxylation is 1. The van der Waals surface area contributed by atoms with Crippen LogP contribution in [0.1, 0.15) is 37.7 Å². The van der Waals surface area contributed by atoms with E-state index in [2.05, 4.69) is 11.3 Å². The van der Waals surface area contributed by atoms with Crippen LogP contribution in [0.4, 0.5) is 0 Å². The predicted octanol–water partition coefficient (Wildman–Crippen LogP) is 1.75. The van der Waals surface area contributed by atoms with Crippen LogP contribution >= 0.6 is 0 Å². The lowest BCUT2D eigenvalue weighted by atomic mass is 10.1. The molecule has 1 N–H and O–H groups in total. The summed E-state index contributed by atoms with van der Waals surface area (Å²) < 4.78 is 9.49. The molecule has 1 heterocycles. The Kier molecular flexibility index (Phi) is 3.76. The molecule has 0 aromatic carbocycles. The first kappa shape index (κ1) is 10.1. The molecule has 0 amide bonds. The van der Waals surface area contributed by atoms with Crippen molar-refractivity contribution < 1.29 is 8.83 Å². The van der Waals surface area contributed by atoms with Gasteiger partial charge in [-0.3, -0.25) is 0 Å². The van der Waals surface area contributed by atoms with E-state index in [1.165, 1.54) is 0 Å². The highest BCUT2D eigenvalue weighted by atomic mass is 16.6. The molecule has 4 heteroatoms. The third-order valence-corrected chi connectivity index (χ3v) is 1.89. The van der Waals surface area contributed by atoms with Crippen LogP contribution in [0.3, 0.4) is 0 Å². The first-order chi connectivity index (χ1) is 6.27. The summed E-state index contributed by atoms with van der Waals surface area (Å²) in [5.74, 6) is 0.239. The fourth-order valence-corrected chi connectivity index (χ4v) is 1.20. The monoisotopic (exact) mass is 184 g/mol. The lowest BCUT2D eigenvalue weighted by molar-refractivity contribution is 0.364. The van der Waals surface area contributed by atoms with Crippen LogP contribution in [0.25, 0.3) is 0 Å². The smallest absolute Gasteiger partial charge is 0.396 e. The van der Waals surface area contributed by atoms with Crippen molar-refractivity contribution in [3.63, 3.8) is 0 Å². The van der Waals surface area contributed by atoms with E-state index in [1.54, 1.807) is 0 Å². The van der Waals surface area contributed by atoms with E-state index in [0.29, 0.717) is 17.9 Å². The molecule has 1 radical (unpaired) electrons. The molecule has 0 aliphatic carbocycles. The molecule has 73 valence electrons. The number of rotatable bonds is 5. The van der Waals surface area contributed by atoms with Crippen molar-refractivity contribution in [3.05, 3.63) is 22.1 Å². The molecule has 1 rings (SSSR count). The maximum Gasteiger partial charge on any atom is 0.519 e. The Bertz CT molecular complexity index is 300. The van der Waals surface area contributed by atoms with Crippen molar-refractivity contribution in [2.45, 2.75) is 39.2 Å². The zero-order valence-electron chi connectivity index (χ0n) is 7.76. The van der Waals surface area contributed by atoms with Crippen molar-refractivity contribution in [3.8, 4) is 0 Å². The quantitative estimate of drug-likeness (QED) is 0.654. The molecule has 0 saturated heterocycles. The van der Waals surface area contributed by atoms with Crippen LogP contribution in [0.5, 0.6) is 0 Å². The zero-order valence-corrected chi connectivity index (χ0v) is 7.76. The molecule has 0 bridgehead atoms. The number of hydrogen-bond donors (Lipinski definition) is 0. The van der Waals surface area contributed by atoms with Crippen molar-refractivity contribution in [1.82, 2.24) is 5.73 Å². The van der Waals surface area contributed by atoms with Gasteiger partial charge in [-0.05, 0) is 6.42 Å². The highest BCUT2D eigenvalue weighted by Crippen LogP contribution is 2.10. The van der Waals surface area contributed by atoms with Gasteiger partial charge in [-0.1, -0.05) is 19.8 Å². The zero-order chi connectivity index (χ0) is 9.68. The second-order valence-electron chi connectivity index (χ2n) is 2.93. The van der Waals surface area contributed by atoms with E-state index in [0.717, 1.165) is 19.3 Å². The maximum absolute atomic E-state index is 10.7. The third-order valence-electron chi connectivity index (χ3n) is 1.89. The Morgan fingerprint density at radius 3 is 2.54 bits per heavy atom. The summed E-state index contributed by atoms with van der Waals surface area (Å²) in [7, 11) is 0. The fourth-order valence-electron chi connectivity index (χ4n) is 1.20. The normalized spacial score (nSPS) is 10.6. The van der Waals surface area contributed by atoms with Gasteiger partial charge in [0.2, 0.25) is 0 Å². The molecule has 0 saturated carbocycles. The van der Waals surface area contributed by atoms with Crippen molar-refractivity contribution in [2.75, 3.05) is 0 Å². The average Bonchev–Trinajstić information content (AvgIpc) is 2.47. The van der Waals surface area contributed by atoms with Crippen LogP contribution in [0.2, 0.25) is 0 Å². The van der Waals surface area contributed by atoms with Gasteiger partial charge in [-0.25, -0.2) is 10.5 Å². The van der Waals surface area contributed by atoms with Gasteiger partial charge in [0, 0.05) is 6.42 Å². The summed E-state index contributed by atoms with van der Waals surface area (Å²) in [4.78, 5) is 10.7. The van der Waals surface area contributed by atoms with Crippen LogP contribution < -0.4 is 11.6 Å². The molecule has 0 aliphatic rings. The molecule has 4 nitrogen and oxygen atoms in total. The minimum Gasteiger partial charge on any atom is -0.396 e. The van der Waals surface area contributed by atoms with Crippen molar-refractivity contribution >= 4 is 0 Å². The molecule has 0 unspecified atom stereocenters. The van der Waals surface area contributed by atoms with E-state index < -0.39 is 5.82 Å². The minimum absolute atomic E-state index is 0.0206. The third kappa shape index (κ3) is 2.73. The molecule has 0 atom stereocenters. The van der Waals surface area contributed by atoms with E-state index in [4.69, 9.17) is 10.2 Å². The van der Waals surface area contributed by atoms with Gasteiger partial charge < -0.3 is 8.83 Å². The summed E-state index contributed by atoms with van der Waals surface area (Å²) in [5, 5.41) is 0. The van der Waals surface area contributed by atoms with Gasteiger partial charge >= 0.3 is 5.82 Å². The Hall–Kier alpha value is -1.03. The highest BCUT2D eigenvalue weighted by Gasteiger charge is 2.10. The van der Waals surface area contributed by atoms with Gasteiger partial charge in [0.15, 0.2) is 11.5 Å². The summed E-state index contributed by atoms with van der Waals surface area (Å²) >= 11 is 0. The van der Waals surface area contributed by atoms with Crippen LogP contribution in [-0.4, -0.2) is 0 Å². The Morgan fingerprint density at radius 1 is 1.23 bits per heavy atom. The average molecular weight is 184 g/mol. The topological polar surface area (TPSA) is 67.2 Å². The second kappa shape index (κ2) is 4.87. The molecule has 1 aromatic heterocycles. The van der Waals surface area contributed by atoms with Crippen LogP contribution in [0.15, 0.2) is 13.6 Å². The van der Waals surface area contributed by atoms with Crippen molar-refractivity contribution in [2.24, 2.45) is 0 Å². The lowest BCUT2D eigenvalue weighted by Gasteiger charge is -1.95. The Morgan fingerprint density at radius 2 is 1.92 bits per heavy atom. The molecule has 0 aliphatic heterocycles. The SMILES string of the molecule is CCCCCc1oc(=O)oc1C[NH]. The van der Waals surface area contributed by atoms with Crippen molar-refractivity contribution in [1.29, 1.82) is 0 Å². The van der Waals surface area contributed by atoms with Gasteiger partial charge in [0.25, 0.3) is 0 Å². The second-order valence-corrected chi connectivity index (χ2v) is 2.93. The van der Waals surface area contributed by atoms with Gasteiger partial charge in [-0.2, -0.15) is 0 Å². The molecule has 13 heavy (non-hydrogen) atoms. The van der Waals surface area contributed by atoms with Gasteiger partial charge in [-0.15, -0.1) is 0 Å². The van der Waals surface area contributed by atoms with E-state index in [-0.39, 0.29) is 6.54 Å². The maximum atomic E-state index is 10.7. The van der Waals surface area contributed by atoms with Crippen LogP contribution in [-0.2, 0) is 13.0 Å². The summed E-state index contributed by atoms with van der Waals surface area (Å²) in [5.41, 5.74) is 7.09. The van der Waals surface area contributed by atoms with E-state index >= 15 is 0 Å². The number of nitrogens with one attached hydrogen (secondary N) is 1. The number of unbranched alkanes of at least 4 members (excludes halogenated alkanes) is 2. The van der Waals surface area contributed by atoms with Gasteiger partial charge in [0.1, 0.15) is 0 Å². The minimum atomic E-state index is -0.686. The summed E-state index contributed by atoms with van der Waals surface area (Å²) in [6.45, 7) is 2.09. The molecular formula is C9H14NO3. The number of hydrogen-bond acceptors (Lipinski definition) is 3. The Balaban J connectivity index is 2.59. The predicted molar refractivity (Wildman–Crippen MR) is 47.3 cm³/mol. The lowest BCUT2D eigenvalue weighted by Crippen LogP contribution is -1.90. The summed E-state index contributed by atoms with van der Waals surface area (Å²) in [6.07, 6.45) is 3.91. The van der Waals surface area contributed by atoms with E-state index in [9.17, 15) is 4.79 Å². The largest absolute Gasteiger partial charge is 0.519 e. The molecule has 0 spiro atoms. The molecule has 0 fully saturated rings. The Labute approximate surface area is 76.7 Å². The summed E-state index contributed by atoms with van der Waals surface area (Å²) in [6, 6.07) is 0. The standard InChI is InChI=1S/C9H14NO3/c1-2-3-4-5-7-8(6-10)13-9(11)12-7/h10H,2-6H2,1H3. The van der Waals surface area contributed by atoms with Crippen LogP contribution in [0, 0.1) is 0 Å². The first-order valence-electron chi connectivity index (χ1n) is 4.54. The van der Waals surface area contributed by atoms with Gasteiger partial charge in [0.05, 0.1) is 6.54 Å². The molecular weight excluding hydrogens is 170 g/mol. The van der Waals surface area contributed by atoms with E-state index in [1.807, 2.05) is 0 Å². The first-order valence-corrected chi connectivity index (χ1v) is 4.54. The molecule has 1 aromatic rings. The highest BCUT2D eigenvalue weighted by molar-refractivity contribution is 5.02.